The van der Waals surface area contributed by atoms with E-state index in [-0.39, 0.29) is 16.9 Å². The van der Waals surface area contributed by atoms with Gasteiger partial charge in [-0.1, -0.05) is 55.1 Å². The maximum Gasteiger partial charge on any atom is 0.270 e. The minimum absolute atomic E-state index is 0.0554. The summed E-state index contributed by atoms with van der Waals surface area (Å²) in [5.74, 6) is -0.146. The van der Waals surface area contributed by atoms with Gasteiger partial charge in [0.2, 0.25) is 0 Å². The average Bonchev–Trinajstić information content (AvgIpc) is 3.23. The molecule has 162 valence electrons. The lowest BCUT2D eigenvalue weighted by Gasteiger charge is -2.36. The third-order valence-corrected chi connectivity index (χ3v) is 7.45. The van der Waals surface area contributed by atoms with Crippen LogP contribution >= 0.6 is 11.6 Å². The largest absolute Gasteiger partial charge is 0.347 e. The van der Waals surface area contributed by atoms with Gasteiger partial charge in [0.25, 0.3) is 5.70 Å². The molecule has 5 rings (SSSR count). The number of ketones is 1. The molecule has 1 aliphatic heterocycles. The summed E-state index contributed by atoms with van der Waals surface area (Å²) < 4.78 is 0. The number of nitriles is 1. The molecule has 33 heavy (non-hydrogen) atoms. The van der Waals surface area contributed by atoms with Crippen molar-refractivity contribution in [2.45, 2.75) is 37.5 Å². The van der Waals surface area contributed by atoms with Gasteiger partial charge >= 0.3 is 0 Å². The molecular weight excluding hydrogens is 430 g/mol. The van der Waals surface area contributed by atoms with Crippen LogP contribution in [0.2, 0.25) is 5.02 Å². The van der Waals surface area contributed by atoms with Crippen molar-refractivity contribution in [2.24, 2.45) is 0 Å². The molecule has 1 saturated carbocycles. The van der Waals surface area contributed by atoms with Gasteiger partial charge in [0.05, 0.1) is 12.6 Å². The van der Waals surface area contributed by atoms with Gasteiger partial charge in [0, 0.05) is 45.6 Å². The molecule has 5 heteroatoms. The fourth-order valence-electron chi connectivity index (χ4n) is 5.74. The van der Waals surface area contributed by atoms with E-state index in [9.17, 15) is 10.1 Å². The molecule has 2 aromatic rings. The molecule has 0 unspecified atom stereocenters. The van der Waals surface area contributed by atoms with Crippen molar-refractivity contribution < 1.29 is 4.79 Å². The predicted molar refractivity (Wildman–Crippen MR) is 131 cm³/mol. The average molecular weight is 452 g/mol. The van der Waals surface area contributed by atoms with Gasteiger partial charge in [-0.2, -0.15) is 0 Å². The number of likely N-dealkylation sites (N-methyl/N-ethyl adjacent to an activating group) is 1. The van der Waals surface area contributed by atoms with Gasteiger partial charge in [-0.25, -0.2) is 10.1 Å². The van der Waals surface area contributed by atoms with Crippen LogP contribution in [0.25, 0.3) is 10.4 Å². The monoisotopic (exact) mass is 451 g/mol. The Morgan fingerprint density at radius 2 is 1.88 bits per heavy atom. The second kappa shape index (κ2) is 8.07. The van der Waals surface area contributed by atoms with Crippen molar-refractivity contribution >= 4 is 28.6 Å². The van der Waals surface area contributed by atoms with Crippen molar-refractivity contribution in [2.75, 3.05) is 11.9 Å². The van der Waals surface area contributed by atoms with Crippen molar-refractivity contribution in [1.82, 2.24) is 0 Å². The third-order valence-electron chi connectivity index (χ3n) is 7.21. The highest BCUT2D eigenvalue weighted by molar-refractivity contribution is 6.30. The summed E-state index contributed by atoms with van der Waals surface area (Å²) in [6, 6.07) is 15.3. The van der Waals surface area contributed by atoms with E-state index in [1.165, 1.54) is 12.0 Å². The first kappa shape index (κ1) is 21.3. The zero-order valence-corrected chi connectivity index (χ0v) is 19.1. The Balaban J connectivity index is 1.70. The molecule has 0 N–H and O–H groups in total. The van der Waals surface area contributed by atoms with Crippen LogP contribution in [-0.2, 0) is 5.41 Å². The van der Waals surface area contributed by atoms with Gasteiger partial charge in [-0.15, -0.1) is 0 Å². The van der Waals surface area contributed by atoms with Crippen LogP contribution in [0.1, 0.15) is 53.6 Å². The first-order valence-electron chi connectivity index (χ1n) is 11.1. The van der Waals surface area contributed by atoms with Gasteiger partial charge in [-0.05, 0) is 54.3 Å². The van der Waals surface area contributed by atoms with E-state index >= 15 is 0 Å². The third kappa shape index (κ3) is 3.14. The van der Waals surface area contributed by atoms with E-state index in [0.29, 0.717) is 22.3 Å². The molecule has 1 spiro atoms. The Bertz CT molecular complexity index is 1340. The minimum atomic E-state index is -0.146. The van der Waals surface area contributed by atoms with Crippen molar-refractivity contribution in [3.8, 4) is 6.07 Å². The van der Waals surface area contributed by atoms with Crippen LogP contribution in [0.3, 0.4) is 0 Å². The predicted octanol–water partition coefficient (Wildman–Crippen LogP) is 6.85. The van der Waals surface area contributed by atoms with Crippen molar-refractivity contribution in [1.29, 1.82) is 5.26 Å². The number of fused-ring (bicyclic) bond motifs is 3. The highest BCUT2D eigenvalue weighted by Crippen LogP contribution is 2.55. The maximum atomic E-state index is 13.3. The number of rotatable bonds is 1. The maximum absolute atomic E-state index is 13.3. The molecule has 0 amide bonds. The van der Waals surface area contributed by atoms with Gasteiger partial charge in [0.1, 0.15) is 0 Å². The second-order valence-corrected chi connectivity index (χ2v) is 9.25. The normalized spacial score (nSPS) is 22.3. The lowest BCUT2D eigenvalue weighted by atomic mass is 9.68. The first-order chi connectivity index (χ1) is 16.0. The number of anilines is 1. The SMILES string of the molecule is [C-]#[N+]\C(C#N)=C1/C(=C/C=C2/N(C)c3ccc(Cl)cc3C23CCCCC3)C(=O)c2ccccc21. The molecule has 4 nitrogen and oxygen atoms in total. The lowest BCUT2D eigenvalue weighted by Crippen LogP contribution is -2.31. The summed E-state index contributed by atoms with van der Waals surface area (Å²) in [5, 5.41) is 10.3. The fraction of sp³-hybridized carbons (Fsp3) is 0.250. The zero-order chi connectivity index (χ0) is 23.2. The second-order valence-electron chi connectivity index (χ2n) is 8.82. The lowest BCUT2D eigenvalue weighted by molar-refractivity contribution is 0.104. The van der Waals surface area contributed by atoms with E-state index in [2.05, 4.69) is 28.9 Å². The zero-order valence-electron chi connectivity index (χ0n) is 18.4. The smallest absolute Gasteiger partial charge is 0.270 e. The number of carbonyl (C=O) groups is 1. The number of Topliss-reactive ketones (excluding diaryl/α,β-unsaturated/α-hetero) is 1. The summed E-state index contributed by atoms with van der Waals surface area (Å²) in [7, 11) is 2.06. The molecule has 0 saturated heterocycles. The van der Waals surface area contributed by atoms with Crippen LogP contribution in [0.15, 0.2) is 71.6 Å². The summed E-state index contributed by atoms with van der Waals surface area (Å²) in [5.41, 5.74) is 5.36. The molecule has 2 aromatic carbocycles. The first-order valence-corrected chi connectivity index (χ1v) is 11.5. The van der Waals surface area contributed by atoms with Gasteiger partial charge < -0.3 is 4.90 Å². The Morgan fingerprint density at radius 3 is 2.58 bits per heavy atom. The fourth-order valence-corrected chi connectivity index (χ4v) is 5.91. The number of nitrogens with zero attached hydrogens (tertiary/aromatic N) is 3. The van der Waals surface area contributed by atoms with Crippen LogP contribution < -0.4 is 4.90 Å². The molecule has 2 aliphatic carbocycles. The minimum Gasteiger partial charge on any atom is -0.347 e. The van der Waals surface area contributed by atoms with E-state index in [0.717, 1.165) is 42.1 Å². The van der Waals surface area contributed by atoms with Crippen molar-refractivity contribution in [3.05, 3.63) is 105 Å². The summed E-state index contributed by atoms with van der Waals surface area (Å²) in [6.45, 7) is 7.49. The van der Waals surface area contributed by atoms with Crippen LogP contribution in [-0.4, -0.2) is 12.8 Å². The highest BCUT2D eigenvalue weighted by atomic mass is 35.5. The summed E-state index contributed by atoms with van der Waals surface area (Å²) in [6.07, 6.45) is 9.39. The molecule has 0 radical (unpaired) electrons. The number of carbonyl (C=O) groups excluding carboxylic acids is 1. The molecule has 0 atom stereocenters. The Morgan fingerprint density at radius 1 is 1.15 bits per heavy atom. The number of hydrogen-bond donors (Lipinski definition) is 0. The van der Waals surface area contributed by atoms with E-state index in [1.807, 2.05) is 36.4 Å². The van der Waals surface area contributed by atoms with E-state index in [4.69, 9.17) is 18.2 Å². The molecule has 0 bridgehead atoms. The van der Waals surface area contributed by atoms with E-state index < -0.39 is 0 Å². The number of halogens is 1. The highest BCUT2D eigenvalue weighted by Gasteiger charge is 2.46. The van der Waals surface area contributed by atoms with Crippen molar-refractivity contribution in [3.63, 3.8) is 0 Å². The number of allylic oxidation sites excluding steroid dienone is 6. The number of hydrogen-bond acceptors (Lipinski definition) is 3. The molecular formula is C28H22ClN3O. The Kier molecular flexibility index (Phi) is 5.20. The molecule has 0 aromatic heterocycles. The van der Waals surface area contributed by atoms with Gasteiger partial charge in [0.15, 0.2) is 5.78 Å². The Hall–Kier alpha value is -3.60. The quantitative estimate of drug-likeness (QED) is 0.270. The van der Waals surface area contributed by atoms with Gasteiger partial charge in [-0.3, -0.25) is 4.79 Å². The van der Waals surface area contributed by atoms with Crippen LogP contribution in [0, 0.1) is 17.9 Å². The summed E-state index contributed by atoms with van der Waals surface area (Å²) >= 11 is 6.40. The Labute approximate surface area is 198 Å². The summed E-state index contributed by atoms with van der Waals surface area (Å²) in [4.78, 5) is 18.9. The van der Waals surface area contributed by atoms with E-state index in [1.54, 1.807) is 12.1 Å². The number of benzene rings is 2. The molecule has 1 heterocycles. The topological polar surface area (TPSA) is 48.5 Å². The van der Waals surface area contributed by atoms with Crippen LogP contribution in [0.5, 0.6) is 0 Å². The molecule has 3 aliphatic rings. The standard InChI is InChI=1S/C28H22ClN3O/c1-31-23(17-30)26-19-8-4-5-9-20(19)27(33)21(26)11-13-25-28(14-6-3-7-15-28)22-16-18(29)10-12-24(22)32(25)2/h4-5,8-13,16H,3,6-7,14-15H2,2H3/b21-11-,25-13+,26-23-. The van der Waals surface area contributed by atoms with Crippen LogP contribution in [0.4, 0.5) is 5.69 Å². The molecule has 1 fully saturated rings.